The minimum Gasteiger partial charge on any atom is -0.322 e. The first-order valence-electron chi connectivity index (χ1n) is 8.28. The van der Waals surface area contributed by atoms with Gasteiger partial charge < -0.3 is 10.2 Å². The number of hydrogen-bond donors (Lipinski definition) is 1. The lowest BCUT2D eigenvalue weighted by molar-refractivity contribution is 0.102. The Balaban J connectivity index is 1.65. The fraction of sp³-hybridized carbons (Fsp3) is 0.421. The summed E-state index contributed by atoms with van der Waals surface area (Å²) in [4.78, 5) is 16.1. The van der Waals surface area contributed by atoms with E-state index in [1.807, 2.05) is 17.5 Å². The average molecular weight is 328 g/mol. The highest BCUT2D eigenvalue weighted by Gasteiger charge is 2.20. The number of nitrogens with zero attached hydrogens (tertiary/aromatic N) is 1. The van der Waals surface area contributed by atoms with Crippen molar-refractivity contribution < 1.29 is 4.79 Å². The Morgan fingerprint density at radius 2 is 1.91 bits per heavy atom. The lowest BCUT2D eigenvalue weighted by Gasteiger charge is -2.13. The molecule has 1 amide bonds. The van der Waals surface area contributed by atoms with E-state index in [0.717, 1.165) is 37.1 Å². The first-order valence-corrected chi connectivity index (χ1v) is 9.15. The van der Waals surface area contributed by atoms with Gasteiger partial charge in [-0.05, 0) is 69.5 Å². The molecule has 0 fully saturated rings. The maximum absolute atomic E-state index is 12.5. The molecule has 0 unspecified atom stereocenters. The van der Waals surface area contributed by atoms with Crippen molar-refractivity contribution in [3.63, 3.8) is 0 Å². The van der Waals surface area contributed by atoms with E-state index >= 15 is 0 Å². The molecule has 3 nitrogen and oxygen atoms in total. The summed E-state index contributed by atoms with van der Waals surface area (Å²) in [6.07, 6.45) is 5.66. The molecule has 0 saturated carbocycles. The van der Waals surface area contributed by atoms with E-state index in [-0.39, 0.29) is 5.91 Å². The summed E-state index contributed by atoms with van der Waals surface area (Å²) < 4.78 is 0. The summed E-state index contributed by atoms with van der Waals surface area (Å²) >= 11 is 1.74. The number of fused-ring (bicyclic) bond motifs is 1. The Morgan fingerprint density at radius 1 is 1.17 bits per heavy atom. The predicted molar refractivity (Wildman–Crippen MR) is 97.6 cm³/mol. The minimum atomic E-state index is 0.0328. The molecule has 0 aliphatic heterocycles. The third-order valence-corrected chi connectivity index (χ3v) is 5.45. The normalized spacial score (nSPS) is 13.9. The van der Waals surface area contributed by atoms with E-state index in [4.69, 9.17) is 0 Å². The Morgan fingerprint density at radius 3 is 2.65 bits per heavy atom. The number of aryl methyl sites for hydroxylation is 1. The van der Waals surface area contributed by atoms with Gasteiger partial charge in [0.2, 0.25) is 0 Å². The van der Waals surface area contributed by atoms with E-state index in [9.17, 15) is 4.79 Å². The lowest BCUT2D eigenvalue weighted by Crippen LogP contribution is -2.15. The number of likely N-dealkylation sites (N-methyl/N-ethyl adjacent to an activating group) is 1. The van der Waals surface area contributed by atoms with Crippen molar-refractivity contribution in [3.05, 3.63) is 51.2 Å². The molecule has 23 heavy (non-hydrogen) atoms. The van der Waals surface area contributed by atoms with Gasteiger partial charge in [0.1, 0.15) is 0 Å². The van der Waals surface area contributed by atoms with Crippen molar-refractivity contribution in [2.75, 3.05) is 26.0 Å². The molecular weight excluding hydrogens is 304 g/mol. The largest absolute Gasteiger partial charge is 0.322 e. The number of benzene rings is 1. The van der Waals surface area contributed by atoms with Crippen LogP contribution in [0.5, 0.6) is 0 Å². The van der Waals surface area contributed by atoms with Crippen LogP contribution in [0, 0.1) is 0 Å². The highest BCUT2D eigenvalue weighted by atomic mass is 32.1. The topological polar surface area (TPSA) is 32.3 Å². The Bertz CT molecular complexity index is 673. The van der Waals surface area contributed by atoms with E-state index < -0.39 is 0 Å². The van der Waals surface area contributed by atoms with Crippen molar-refractivity contribution >= 4 is 22.9 Å². The highest BCUT2D eigenvalue weighted by Crippen LogP contribution is 2.30. The van der Waals surface area contributed by atoms with Gasteiger partial charge in [0, 0.05) is 22.5 Å². The number of rotatable bonds is 5. The minimum absolute atomic E-state index is 0.0328. The number of carbonyl (C=O) groups excluding carboxylic acids is 1. The molecule has 1 aliphatic rings. The molecule has 0 spiro atoms. The van der Waals surface area contributed by atoms with Gasteiger partial charge in [0.15, 0.2) is 0 Å². The van der Waals surface area contributed by atoms with Crippen molar-refractivity contribution in [2.24, 2.45) is 0 Å². The van der Waals surface area contributed by atoms with Gasteiger partial charge in [-0.1, -0.05) is 12.1 Å². The number of anilines is 1. The van der Waals surface area contributed by atoms with Gasteiger partial charge in [-0.2, -0.15) is 0 Å². The standard InChI is InChI=1S/C19H24N2OS/c1-21(2)12-11-14-7-9-15(10-8-14)20-19(22)17-13-23-18-6-4-3-5-16(17)18/h7-10,13H,3-6,11-12H2,1-2H3,(H,20,22). The summed E-state index contributed by atoms with van der Waals surface area (Å²) in [5.41, 5.74) is 4.33. The Hall–Kier alpha value is -1.65. The fourth-order valence-corrected chi connectivity index (χ4v) is 4.12. The van der Waals surface area contributed by atoms with Crippen LogP contribution in [0.1, 0.15) is 39.2 Å². The number of hydrogen-bond acceptors (Lipinski definition) is 3. The maximum atomic E-state index is 12.5. The molecule has 0 bridgehead atoms. The maximum Gasteiger partial charge on any atom is 0.256 e. The molecule has 1 aliphatic carbocycles. The zero-order valence-electron chi connectivity index (χ0n) is 13.9. The van der Waals surface area contributed by atoms with Crippen LogP contribution in [-0.4, -0.2) is 31.4 Å². The SMILES string of the molecule is CN(C)CCc1ccc(NC(=O)c2csc3c2CCCC3)cc1. The number of amides is 1. The summed E-state index contributed by atoms with van der Waals surface area (Å²) in [5.74, 6) is 0.0328. The van der Waals surface area contributed by atoms with Crippen molar-refractivity contribution in [2.45, 2.75) is 32.1 Å². The first-order chi connectivity index (χ1) is 11.1. The van der Waals surface area contributed by atoms with Crippen molar-refractivity contribution in [1.82, 2.24) is 4.90 Å². The third-order valence-electron chi connectivity index (χ3n) is 4.37. The van der Waals surface area contributed by atoms with E-state index in [1.54, 1.807) is 11.3 Å². The molecule has 1 aromatic carbocycles. The van der Waals surface area contributed by atoms with Crippen LogP contribution in [0.4, 0.5) is 5.69 Å². The van der Waals surface area contributed by atoms with Gasteiger partial charge in [0.05, 0.1) is 5.56 Å². The fourth-order valence-electron chi connectivity index (χ4n) is 2.99. The Kier molecular flexibility index (Phi) is 5.13. The zero-order valence-corrected chi connectivity index (χ0v) is 14.7. The molecule has 1 heterocycles. The number of thiophene rings is 1. The van der Waals surface area contributed by atoms with Crippen LogP contribution in [0.25, 0.3) is 0 Å². The summed E-state index contributed by atoms with van der Waals surface area (Å²) in [5, 5.41) is 5.07. The van der Waals surface area contributed by atoms with Crippen LogP contribution >= 0.6 is 11.3 Å². The quantitative estimate of drug-likeness (QED) is 0.900. The molecule has 0 radical (unpaired) electrons. The average Bonchev–Trinajstić information content (AvgIpc) is 2.98. The van der Waals surface area contributed by atoms with Crippen LogP contribution in [0.15, 0.2) is 29.6 Å². The second-order valence-corrected chi connectivity index (χ2v) is 7.43. The molecule has 3 rings (SSSR count). The van der Waals surface area contributed by atoms with Crippen molar-refractivity contribution in [1.29, 1.82) is 0 Å². The Labute approximate surface area is 142 Å². The first kappa shape index (κ1) is 16.2. The lowest BCUT2D eigenvalue weighted by atomic mass is 9.95. The van der Waals surface area contributed by atoms with Crippen LogP contribution in [-0.2, 0) is 19.3 Å². The zero-order chi connectivity index (χ0) is 16.2. The highest BCUT2D eigenvalue weighted by molar-refractivity contribution is 7.10. The van der Waals surface area contributed by atoms with Crippen LogP contribution in [0.2, 0.25) is 0 Å². The van der Waals surface area contributed by atoms with Gasteiger partial charge in [-0.15, -0.1) is 11.3 Å². The summed E-state index contributed by atoms with van der Waals surface area (Å²) in [7, 11) is 4.16. The van der Waals surface area contributed by atoms with Crippen LogP contribution < -0.4 is 5.32 Å². The molecule has 0 atom stereocenters. The molecule has 122 valence electrons. The molecule has 0 saturated heterocycles. The summed E-state index contributed by atoms with van der Waals surface area (Å²) in [6.45, 7) is 1.03. The van der Waals surface area contributed by atoms with Gasteiger partial charge in [-0.25, -0.2) is 0 Å². The molecular formula is C19H24N2OS. The summed E-state index contributed by atoms with van der Waals surface area (Å²) in [6, 6.07) is 8.20. The van der Waals surface area contributed by atoms with Gasteiger partial charge in [0.25, 0.3) is 5.91 Å². The smallest absolute Gasteiger partial charge is 0.256 e. The molecule has 1 aromatic heterocycles. The molecule has 4 heteroatoms. The van der Waals surface area contributed by atoms with Gasteiger partial charge >= 0.3 is 0 Å². The second kappa shape index (κ2) is 7.28. The third kappa shape index (κ3) is 4.01. The molecule has 1 N–H and O–H groups in total. The van der Waals surface area contributed by atoms with E-state index in [0.29, 0.717) is 0 Å². The van der Waals surface area contributed by atoms with Crippen LogP contribution in [0.3, 0.4) is 0 Å². The van der Waals surface area contributed by atoms with Crippen molar-refractivity contribution in [3.8, 4) is 0 Å². The molecule has 2 aromatic rings. The van der Waals surface area contributed by atoms with E-state index in [1.165, 1.54) is 28.8 Å². The monoisotopic (exact) mass is 328 g/mol. The second-order valence-electron chi connectivity index (χ2n) is 6.46. The van der Waals surface area contributed by atoms with Gasteiger partial charge in [-0.3, -0.25) is 4.79 Å². The van der Waals surface area contributed by atoms with E-state index in [2.05, 4.69) is 36.4 Å². The number of nitrogens with one attached hydrogen (secondary N) is 1. The number of carbonyl (C=O) groups is 1. The predicted octanol–water partition coefficient (Wildman–Crippen LogP) is 3.98.